The maximum Gasteiger partial charge on any atom is 0.230 e. The van der Waals surface area contributed by atoms with Crippen LogP contribution >= 0.6 is 11.8 Å². The minimum absolute atomic E-state index is 0.0299. The maximum absolute atomic E-state index is 12.2. The van der Waals surface area contributed by atoms with Crippen molar-refractivity contribution < 1.29 is 4.79 Å². The van der Waals surface area contributed by atoms with Gasteiger partial charge in [-0.05, 0) is 18.1 Å². The van der Waals surface area contributed by atoms with Crippen molar-refractivity contribution in [3.05, 3.63) is 78.4 Å². The van der Waals surface area contributed by atoms with E-state index in [0.717, 1.165) is 17.0 Å². The summed E-state index contributed by atoms with van der Waals surface area (Å²) in [4.78, 5) is 12.2. The van der Waals surface area contributed by atoms with Gasteiger partial charge in [0.15, 0.2) is 11.0 Å². The summed E-state index contributed by atoms with van der Waals surface area (Å²) in [6, 6.07) is 17.9. The summed E-state index contributed by atoms with van der Waals surface area (Å²) in [6.45, 7) is 6.97. The second kappa shape index (κ2) is 9.19. The smallest absolute Gasteiger partial charge is 0.230 e. The summed E-state index contributed by atoms with van der Waals surface area (Å²) in [5.74, 6) is 1.03. The van der Waals surface area contributed by atoms with Crippen molar-refractivity contribution >= 4 is 17.7 Å². The number of carbonyl (C=O) groups excluding carboxylic acids is 1. The summed E-state index contributed by atoms with van der Waals surface area (Å²) >= 11 is 1.38. The molecule has 0 unspecified atom stereocenters. The minimum atomic E-state index is -0.0299. The molecule has 27 heavy (non-hydrogen) atoms. The number of hydrogen-bond donors (Lipinski definition) is 1. The van der Waals surface area contributed by atoms with E-state index in [0.29, 0.717) is 18.2 Å². The Labute approximate surface area is 163 Å². The molecule has 0 saturated heterocycles. The van der Waals surface area contributed by atoms with E-state index in [-0.39, 0.29) is 11.7 Å². The predicted octanol–water partition coefficient (Wildman–Crippen LogP) is 3.85. The van der Waals surface area contributed by atoms with Gasteiger partial charge in [0.2, 0.25) is 5.91 Å². The highest BCUT2D eigenvalue weighted by molar-refractivity contribution is 7.99. The molecule has 2 aromatic carbocycles. The molecule has 6 heteroatoms. The zero-order chi connectivity index (χ0) is 19.1. The van der Waals surface area contributed by atoms with E-state index < -0.39 is 0 Å². The third-order valence-electron chi connectivity index (χ3n) is 4.13. The van der Waals surface area contributed by atoms with E-state index in [4.69, 9.17) is 0 Å². The van der Waals surface area contributed by atoms with Crippen molar-refractivity contribution in [1.29, 1.82) is 0 Å². The second-order valence-corrected chi connectivity index (χ2v) is 7.01. The van der Waals surface area contributed by atoms with Crippen LogP contribution < -0.4 is 5.32 Å². The number of aryl methyl sites for hydroxylation is 1. The van der Waals surface area contributed by atoms with Gasteiger partial charge < -0.3 is 5.32 Å². The summed E-state index contributed by atoms with van der Waals surface area (Å²) in [7, 11) is 0. The van der Waals surface area contributed by atoms with Gasteiger partial charge in [0.25, 0.3) is 0 Å². The normalized spacial score (nSPS) is 10.6. The van der Waals surface area contributed by atoms with E-state index in [9.17, 15) is 4.79 Å². The highest BCUT2D eigenvalue weighted by atomic mass is 32.2. The molecule has 1 N–H and O–H groups in total. The lowest BCUT2D eigenvalue weighted by Gasteiger charge is -2.09. The Balaban J connectivity index is 1.63. The van der Waals surface area contributed by atoms with Crippen LogP contribution in [0.4, 0.5) is 0 Å². The number of rotatable bonds is 8. The predicted molar refractivity (Wildman–Crippen MR) is 109 cm³/mol. The SMILES string of the molecule is C=CCn1c(SCC(=O)NCc2ccccc2C)nnc1-c1ccccc1. The van der Waals surface area contributed by atoms with Crippen molar-refractivity contribution in [1.82, 2.24) is 20.1 Å². The summed E-state index contributed by atoms with van der Waals surface area (Å²) in [5, 5.41) is 12.2. The van der Waals surface area contributed by atoms with Crippen molar-refractivity contribution in [2.75, 3.05) is 5.75 Å². The molecule has 5 nitrogen and oxygen atoms in total. The van der Waals surface area contributed by atoms with Crippen LogP contribution in [0.2, 0.25) is 0 Å². The number of amides is 1. The van der Waals surface area contributed by atoms with Gasteiger partial charge >= 0.3 is 0 Å². The molecule has 1 heterocycles. The van der Waals surface area contributed by atoms with E-state index in [1.807, 2.05) is 66.1 Å². The van der Waals surface area contributed by atoms with Crippen LogP contribution in [0.3, 0.4) is 0 Å². The minimum Gasteiger partial charge on any atom is -0.351 e. The molecule has 1 amide bonds. The first-order valence-electron chi connectivity index (χ1n) is 8.72. The van der Waals surface area contributed by atoms with Gasteiger partial charge in [-0.25, -0.2) is 0 Å². The molecule has 0 aliphatic carbocycles. The highest BCUT2D eigenvalue weighted by Crippen LogP contribution is 2.23. The number of nitrogens with zero attached hydrogens (tertiary/aromatic N) is 3. The standard InChI is InChI=1S/C21H22N4OS/c1-3-13-25-20(17-10-5-4-6-11-17)23-24-21(25)27-15-19(26)22-14-18-12-8-7-9-16(18)2/h3-12H,1,13-15H2,2H3,(H,22,26). The summed E-state index contributed by atoms with van der Waals surface area (Å²) < 4.78 is 1.97. The number of thioether (sulfide) groups is 1. The first kappa shape index (κ1) is 18.9. The number of benzene rings is 2. The van der Waals surface area contributed by atoms with Crippen LogP contribution in [0.25, 0.3) is 11.4 Å². The van der Waals surface area contributed by atoms with Gasteiger partial charge in [0.1, 0.15) is 0 Å². The molecule has 0 atom stereocenters. The number of aromatic nitrogens is 3. The molecule has 0 radical (unpaired) electrons. The molecular weight excluding hydrogens is 356 g/mol. The fourth-order valence-corrected chi connectivity index (χ4v) is 3.45. The molecule has 0 aliphatic rings. The molecule has 3 aromatic rings. The van der Waals surface area contributed by atoms with Crippen molar-refractivity contribution in [3.63, 3.8) is 0 Å². The van der Waals surface area contributed by atoms with Gasteiger partial charge in [-0.2, -0.15) is 0 Å². The van der Waals surface area contributed by atoms with E-state index in [1.54, 1.807) is 6.08 Å². The largest absolute Gasteiger partial charge is 0.351 e. The molecular formula is C21H22N4OS. The first-order chi connectivity index (χ1) is 13.2. The highest BCUT2D eigenvalue weighted by Gasteiger charge is 2.14. The summed E-state index contributed by atoms with van der Waals surface area (Å²) in [6.07, 6.45) is 1.80. The zero-order valence-corrected chi connectivity index (χ0v) is 16.1. The fourth-order valence-electron chi connectivity index (χ4n) is 2.67. The van der Waals surface area contributed by atoms with Crippen LogP contribution in [0.15, 0.2) is 72.4 Å². The van der Waals surface area contributed by atoms with Gasteiger partial charge in [-0.1, -0.05) is 72.4 Å². The van der Waals surface area contributed by atoms with Crippen molar-refractivity contribution in [3.8, 4) is 11.4 Å². The average molecular weight is 379 g/mol. The van der Waals surface area contributed by atoms with Crippen molar-refractivity contribution in [2.24, 2.45) is 0 Å². The maximum atomic E-state index is 12.2. The Morgan fingerprint density at radius 2 is 1.89 bits per heavy atom. The van der Waals surface area contributed by atoms with Crippen LogP contribution in [-0.4, -0.2) is 26.4 Å². The topological polar surface area (TPSA) is 59.8 Å². The Morgan fingerprint density at radius 1 is 1.15 bits per heavy atom. The number of carbonyl (C=O) groups is 1. The summed E-state index contributed by atoms with van der Waals surface area (Å²) in [5.41, 5.74) is 3.28. The van der Waals surface area contributed by atoms with E-state index in [2.05, 4.69) is 22.1 Å². The lowest BCUT2D eigenvalue weighted by Crippen LogP contribution is -2.25. The number of allylic oxidation sites excluding steroid dienone is 1. The number of nitrogens with one attached hydrogen (secondary N) is 1. The van der Waals surface area contributed by atoms with E-state index in [1.165, 1.54) is 17.3 Å². The molecule has 0 saturated carbocycles. The lowest BCUT2D eigenvalue weighted by atomic mass is 10.1. The molecule has 0 bridgehead atoms. The molecule has 0 spiro atoms. The lowest BCUT2D eigenvalue weighted by molar-refractivity contribution is -0.118. The first-order valence-corrected chi connectivity index (χ1v) is 9.71. The van der Waals surface area contributed by atoms with E-state index >= 15 is 0 Å². The molecule has 0 aliphatic heterocycles. The van der Waals surface area contributed by atoms with Crippen molar-refractivity contribution in [2.45, 2.75) is 25.2 Å². The molecule has 1 aromatic heterocycles. The monoisotopic (exact) mass is 378 g/mol. The third-order valence-corrected chi connectivity index (χ3v) is 5.10. The molecule has 0 fully saturated rings. The van der Waals surface area contributed by atoms with Crippen LogP contribution in [0.1, 0.15) is 11.1 Å². The van der Waals surface area contributed by atoms with Gasteiger partial charge in [0, 0.05) is 18.7 Å². The zero-order valence-electron chi connectivity index (χ0n) is 15.3. The number of hydrogen-bond acceptors (Lipinski definition) is 4. The Kier molecular flexibility index (Phi) is 6.44. The molecule has 138 valence electrons. The average Bonchev–Trinajstić information content (AvgIpc) is 3.09. The fraction of sp³-hybridized carbons (Fsp3) is 0.190. The Morgan fingerprint density at radius 3 is 2.63 bits per heavy atom. The van der Waals surface area contributed by atoms with Crippen LogP contribution in [0, 0.1) is 6.92 Å². The molecule has 3 rings (SSSR count). The van der Waals surface area contributed by atoms with Crippen LogP contribution in [-0.2, 0) is 17.9 Å². The van der Waals surface area contributed by atoms with Gasteiger partial charge in [-0.15, -0.1) is 16.8 Å². The van der Waals surface area contributed by atoms with Gasteiger partial charge in [-0.3, -0.25) is 9.36 Å². The van der Waals surface area contributed by atoms with Gasteiger partial charge in [0.05, 0.1) is 5.75 Å². The Bertz CT molecular complexity index is 921. The third kappa shape index (κ3) is 4.86. The quantitative estimate of drug-likeness (QED) is 0.478. The van der Waals surface area contributed by atoms with Crippen LogP contribution in [0.5, 0.6) is 0 Å². The Hall–Kier alpha value is -2.86. The second-order valence-electron chi connectivity index (χ2n) is 6.06.